The molecule has 0 fully saturated rings. The van der Waals surface area contributed by atoms with Crippen molar-refractivity contribution in [1.82, 2.24) is 25.1 Å². The van der Waals surface area contributed by atoms with Gasteiger partial charge >= 0.3 is 6.18 Å². The summed E-state index contributed by atoms with van der Waals surface area (Å²) in [6.45, 7) is 7.99. The molecule has 2 aromatic heterocycles. The molecule has 0 unspecified atom stereocenters. The number of nitrogens with zero attached hydrogens (tertiary/aromatic N) is 4. The zero-order chi connectivity index (χ0) is 24.7. The molecule has 0 saturated heterocycles. The van der Waals surface area contributed by atoms with Crippen LogP contribution in [0.4, 0.5) is 19.0 Å². The maximum atomic E-state index is 13.2. The number of carbonyl (C=O) groups is 1. The molecule has 3 aromatic rings. The van der Waals surface area contributed by atoms with Gasteiger partial charge in [-0.15, -0.1) is 0 Å². The van der Waals surface area contributed by atoms with Gasteiger partial charge in [-0.3, -0.25) is 4.79 Å². The molecule has 8 nitrogen and oxygen atoms in total. The fourth-order valence-corrected chi connectivity index (χ4v) is 3.89. The molecule has 1 aromatic carbocycles. The second kappa shape index (κ2) is 11.5. The second-order valence-corrected chi connectivity index (χ2v) is 9.09. The Bertz CT molecular complexity index is 1120. The van der Waals surface area contributed by atoms with Crippen LogP contribution in [0.5, 0.6) is 0 Å². The zero-order valence-corrected chi connectivity index (χ0v) is 20.0. The zero-order valence-electron chi connectivity index (χ0n) is 19.1. The van der Waals surface area contributed by atoms with Crippen LogP contribution in [0.3, 0.4) is 0 Å². The summed E-state index contributed by atoms with van der Waals surface area (Å²) < 4.78 is 46.6. The van der Waals surface area contributed by atoms with E-state index in [1.807, 2.05) is 20.8 Å². The van der Waals surface area contributed by atoms with Crippen LogP contribution in [-0.4, -0.2) is 57.2 Å². The van der Waals surface area contributed by atoms with E-state index in [1.54, 1.807) is 10.9 Å². The molecular formula is C22H27F3N6O2S. The molecule has 0 saturated carbocycles. The van der Waals surface area contributed by atoms with Gasteiger partial charge in [0.2, 0.25) is 0 Å². The number of hydrogen-bond acceptors (Lipinski definition) is 7. The first-order valence-electron chi connectivity index (χ1n) is 10.9. The quantitative estimate of drug-likeness (QED) is 0.233. The first-order valence-corrected chi connectivity index (χ1v) is 11.7. The van der Waals surface area contributed by atoms with Crippen LogP contribution >= 0.6 is 11.8 Å². The van der Waals surface area contributed by atoms with Crippen molar-refractivity contribution in [2.24, 2.45) is 0 Å². The molecule has 0 atom stereocenters. The molecule has 3 rings (SSSR count). The first kappa shape index (κ1) is 25.8. The van der Waals surface area contributed by atoms with E-state index in [9.17, 15) is 18.0 Å². The van der Waals surface area contributed by atoms with Gasteiger partial charge in [0.25, 0.3) is 5.91 Å². The molecule has 0 spiro atoms. The number of carbonyl (C=O) groups excluding carboxylic acids is 1. The summed E-state index contributed by atoms with van der Waals surface area (Å²) in [4.78, 5) is 21.6. The molecule has 2 N–H and O–H groups in total. The van der Waals surface area contributed by atoms with Gasteiger partial charge in [-0.2, -0.15) is 18.3 Å². The summed E-state index contributed by atoms with van der Waals surface area (Å²) >= 11 is 1.50. The average molecular weight is 497 g/mol. The maximum absolute atomic E-state index is 13.2. The Labute approximate surface area is 199 Å². The molecule has 0 aliphatic carbocycles. The number of thioether (sulfide) groups is 1. The normalized spacial score (nSPS) is 11.9. The van der Waals surface area contributed by atoms with E-state index in [0.717, 1.165) is 12.1 Å². The van der Waals surface area contributed by atoms with Crippen molar-refractivity contribution in [3.63, 3.8) is 0 Å². The molecule has 34 heavy (non-hydrogen) atoms. The number of halogens is 3. The standard InChI is InChI=1S/C22H27F3N6O2S/c1-4-33-12-10-26-18-16-13-28-31(19(16)30-21(29-18)34-14(2)3)11-9-27-20(32)15-7-5-6-8-17(15)22(23,24)25/h5-8,13-14H,4,9-12H2,1-3H3,(H,27,32)(H,26,29,30). The van der Waals surface area contributed by atoms with Gasteiger partial charge in [-0.25, -0.2) is 14.6 Å². The average Bonchev–Trinajstić information content (AvgIpc) is 3.18. The smallest absolute Gasteiger partial charge is 0.380 e. The van der Waals surface area contributed by atoms with Crippen LogP contribution in [0.1, 0.15) is 36.7 Å². The van der Waals surface area contributed by atoms with E-state index in [2.05, 4.69) is 25.7 Å². The Morgan fingerprint density at radius 1 is 1.21 bits per heavy atom. The number of hydrogen-bond donors (Lipinski definition) is 2. The Morgan fingerprint density at radius 3 is 2.68 bits per heavy atom. The third-order valence-corrected chi connectivity index (χ3v) is 5.51. The summed E-state index contributed by atoms with van der Waals surface area (Å²) in [7, 11) is 0. The molecule has 0 aliphatic rings. The number of amides is 1. The van der Waals surface area contributed by atoms with Gasteiger partial charge in [0.1, 0.15) is 5.82 Å². The van der Waals surface area contributed by atoms with Crippen molar-refractivity contribution in [3.8, 4) is 0 Å². The monoisotopic (exact) mass is 496 g/mol. The van der Waals surface area contributed by atoms with E-state index in [-0.39, 0.29) is 18.3 Å². The lowest BCUT2D eigenvalue weighted by molar-refractivity contribution is -0.137. The van der Waals surface area contributed by atoms with E-state index < -0.39 is 23.2 Å². The number of anilines is 1. The molecule has 12 heteroatoms. The van der Waals surface area contributed by atoms with E-state index in [1.165, 1.54) is 23.9 Å². The molecule has 1 amide bonds. The van der Waals surface area contributed by atoms with Crippen LogP contribution in [0.2, 0.25) is 0 Å². The van der Waals surface area contributed by atoms with E-state index in [4.69, 9.17) is 4.74 Å². The fourth-order valence-electron chi connectivity index (χ4n) is 3.18. The highest BCUT2D eigenvalue weighted by Gasteiger charge is 2.34. The van der Waals surface area contributed by atoms with Gasteiger partial charge in [-0.05, 0) is 19.1 Å². The topological polar surface area (TPSA) is 94.0 Å². The lowest BCUT2D eigenvalue weighted by Gasteiger charge is -2.13. The van der Waals surface area contributed by atoms with Crippen LogP contribution in [-0.2, 0) is 17.5 Å². The number of nitrogens with one attached hydrogen (secondary N) is 2. The van der Waals surface area contributed by atoms with Crippen molar-refractivity contribution in [2.45, 2.75) is 43.9 Å². The lowest BCUT2D eigenvalue weighted by atomic mass is 10.1. The summed E-state index contributed by atoms with van der Waals surface area (Å²) in [5.74, 6) is -0.171. The van der Waals surface area contributed by atoms with Crippen LogP contribution in [0.25, 0.3) is 11.0 Å². The summed E-state index contributed by atoms with van der Waals surface area (Å²) in [5, 5.41) is 11.7. The highest BCUT2D eigenvalue weighted by molar-refractivity contribution is 7.99. The SMILES string of the molecule is CCOCCNc1nc(SC(C)C)nc2c1cnn2CCNC(=O)c1ccccc1C(F)(F)F. The predicted molar refractivity (Wildman–Crippen MR) is 125 cm³/mol. The van der Waals surface area contributed by atoms with Crippen LogP contribution in [0, 0.1) is 0 Å². The number of benzene rings is 1. The van der Waals surface area contributed by atoms with Crippen LogP contribution < -0.4 is 10.6 Å². The Kier molecular flexibility index (Phi) is 8.72. The van der Waals surface area contributed by atoms with E-state index in [0.29, 0.717) is 41.8 Å². The van der Waals surface area contributed by atoms with Gasteiger partial charge in [-0.1, -0.05) is 37.7 Å². The molecule has 0 radical (unpaired) electrons. The number of aromatic nitrogens is 4. The fraction of sp³-hybridized carbons (Fsp3) is 0.455. The van der Waals surface area contributed by atoms with Gasteiger partial charge in [0, 0.05) is 24.9 Å². The van der Waals surface area contributed by atoms with Crippen molar-refractivity contribution < 1.29 is 22.7 Å². The van der Waals surface area contributed by atoms with Crippen molar-refractivity contribution >= 4 is 34.5 Å². The van der Waals surface area contributed by atoms with Gasteiger partial charge in [0.05, 0.1) is 35.9 Å². The first-order chi connectivity index (χ1) is 16.2. The maximum Gasteiger partial charge on any atom is 0.417 e. The molecule has 0 aliphatic heterocycles. The highest BCUT2D eigenvalue weighted by atomic mass is 32.2. The second-order valence-electron chi connectivity index (χ2n) is 7.55. The third kappa shape index (κ3) is 6.60. The number of alkyl halides is 3. The Balaban J connectivity index is 1.75. The van der Waals surface area contributed by atoms with Gasteiger partial charge < -0.3 is 15.4 Å². The van der Waals surface area contributed by atoms with Crippen molar-refractivity contribution in [2.75, 3.05) is 31.6 Å². The summed E-state index contributed by atoms with van der Waals surface area (Å²) in [6, 6.07) is 4.70. The Hall–Kier alpha value is -2.86. The number of fused-ring (bicyclic) bond motifs is 1. The Morgan fingerprint density at radius 2 is 1.97 bits per heavy atom. The van der Waals surface area contributed by atoms with Gasteiger partial charge in [0.15, 0.2) is 10.8 Å². The molecular weight excluding hydrogens is 469 g/mol. The molecule has 184 valence electrons. The largest absolute Gasteiger partial charge is 0.417 e. The predicted octanol–water partition coefficient (Wildman–Crippen LogP) is 4.22. The van der Waals surface area contributed by atoms with Crippen LogP contribution in [0.15, 0.2) is 35.6 Å². The highest BCUT2D eigenvalue weighted by Crippen LogP contribution is 2.31. The molecule has 2 heterocycles. The minimum Gasteiger partial charge on any atom is -0.380 e. The molecule has 0 bridgehead atoms. The third-order valence-electron chi connectivity index (χ3n) is 4.65. The minimum atomic E-state index is -4.61. The summed E-state index contributed by atoms with van der Waals surface area (Å²) in [5.41, 5.74) is -0.816. The number of ether oxygens (including phenoxy) is 1. The van der Waals surface area contributed by atoms with Crippen molar-refractivity contribution in [1.29, 1.82) is 0 Å². The minimum absolute atomic E-state index is 0.0750. The lowest BCUT2D eigenvalue weighted by Crippen LogP contribution is -2.29. The summed E-state index contributed by atoms with van der Waals surface area (Å²) in [6.07, 6.45) is -2.98. The van der Waals surface area contributed by atoms with E-state index >= 15 is 0 Å². The van der Waals surface area contributed by atoms with Crippen molar-refractivity contribution in [3.05, 3.63) is 41.6 Å². The number of rotatable bonds is 11.